The van der Waals surface area contributed by atoms with E-state index in [1.807, 2.05) is 11.4 Å². The molecule has 3 saturated heterocycles. The van der Waals surface area contributed by atoms with Crippen LogP contribution in [0.5, 0.6) is 0 Å². The summed E-state index contributed by atoms with van der Waals surface area (Å²) in [4.78, 5) is 47.3. The molecular weight excluding hydrogens is 676 g/mol. The number of fused-ring (bicyclic) bond motifs is 1. The highest BCUT2D eigenvalue weighted by Crippen LogP contribution is 2.42. The van der Waals surface area contributed by atoms with Crippen molar-refractivity contribution in [2.24, 2.45) is 0 Å². The van der Waals surface area contributed by atoms with Crippen molar-refractivity contribution in [3.8, 4) is 0 Å². The van der Waals surface area contributed by atoms with E-state index in [1.165, 1.54) is 21.1 Å². The molecule has 0 bridgehead atoms. The molecule has 17 heteroatoms. The van der Waals surface area contributed by atoms with Gasteiger partial charge in [0, 0.05) is 50.2 Å². The number of hydrogen-bond donors (Lipinski definition) is 3. The fourth-order valence-corrected chi connectivity index (χ4v) is 8.22. The first-order valence-electron chi connectivity index (χ1n) is 16.5. The summed E-state index contributed by atoms with van der Waals surface area (Å²) in [6.45, 7) is 3.56. The number of piperidine rings is 2. The molecule has 49 heavy (non-hydrogen) atoms. The number of nitrogens with zero attached hydrogens (tertiary/aromatic N) is 4. The van der Waals surface area contributed by atoms with E-state index >= 15 is 0 Å². The zero-order chi connectivity index (χ0) is 35.1. The second-order valence-electron chi connectivity index (χ2n) is 13.2. The lowest BCUT2D eigenvalue weighted by molar-refractivity contribution is -0.141. The normalized spacial score (nSPS) is 20.7. The van der Waals surface area contributed by atoms with Gasteiger partial charge in [-0.25, -0.2) is 9.59 Å². The minimum atomic E-state index is -5.18. The summed E-state index contributed by atoms with van der Waals surface area (Å²) in [6, 6.07) is 0.806. The molecule has 5 amide bonds. The maximum absolute atomic E-state index is 13.9. The Balaban J connectivity index is 1.18. The first kappa shape index (κ1) is 35.1. The topological polar surface area (TPSA) is 114 Å². The van der Waals surface area contributed by atoms with Crippen LogP contribution in [-0.4, -0.2) is 95.0 Å². The van der Waals surface area contributed by atoms with Crippen LogP contribution in [0.3, 0.4) is 0 Å². The quantitative estimate of drug-likeness (QED) is 0.267. The van der Waals surface area contributed by atoms with Crippen LogP contribution in [0.4, 0.5) is 46.6 Å². The Labute approximate surface area is 283 Å². The van der Waals surface area contributed by atoms with Gasteiger partial charge in [0.15, 0.2) is 0 Å². The summed E-state index contributed by atoms with van der Waals surface area (Å²) in [5.74, 6) is -0.571. The molecule has 1 atom stereocenters. The molecule has 0 aliphatic carbocycles. The van der Waals surface area contributed by atoms with E-state index in [1.54, 1.807) is 4.90 Å². The van der Waals surface area contributed by atoms with Gasteiger partial charge in [0.05, 0.1) is 23.4 Å². The van der Waals surface area contributed by atoms with Crippen LogP contribution in [0, 0.1) is 0 Å². The molecule has 5 heterocycles. The summed E-state index contributed by atoms with van der Waals surface area (Å²) in [7, 11) is 0. The highest BCUT2D eigenvalue weighted by Gasteiger charge is 2.42. The third-order valence-corrected chi connectivity index (χ3v) is 11.0. The molecule has 0 radical (unpaired) electrons. The Morgan fingerprint density at radius 2 is 1.47 bits per heavy atom. The number of nitrogens with two attached hydrogens (primary N) is 1. The zero-order valence-electron chi connectivity index (χ0n) is 26.7. The van der Waals surface area contributed by atoms with Gasteiger partial charge in [-0.05, 0) is 80.8 Å². The minimum absolute atomic E-state index is 0.150. The van der Waals surface area contributed by atoms with Crippen LogP contribution >= 0.6 is 11.3 Å². The molecule has 4 N–H and O–H groups in total. The number of carbonyl (C=O) groups is 3. The molecule has 2 aromatic rings. The van der Waals surface area contributed by atoms with Gasteiger partial charge >= 0.3 is 24.4 Å². The smallest absolute Gasteiger partial charge is 0.398 e. The number of halogens is 6. The first-order valence-corrected chi connectivity index (χ1v) is 17.4. The predicted octanol–water partition coefficient (Wildman–Crippen LogP) is 5.59. The van der Waals surface area contributed by atoms with Gasteiger partial charge in [0.2, 0.25) is 5.91 Å². The average Bonchev–Trinajstić information content (AvgIpc) is 3.76. The summed E-state index contributed by atoms with van der Waals surface area (Å²) < 4.78 is 82.9. The van der Waals surface area contributed by atoms with E-state index in [0.29, 0.717) is 57.5 Å². The highest BCUT2D eigenvalue weighted by molar-refractivity contribution is 7.14. The number of benzene rings is 1. The fourth-order valence-electron chi connectivity index (χ4n) is 7.42. The average molecular weight is 716 g/mol. The second kappa shape index (κ2) is 13.9. The van der Waals surface area contributed by atoms with E-state index in [9.17, 15) is 40.7 Å². The maximum atomic E-state index is 13.9. The Morgan fingerprint density at radius 1 is 0.898 bits per heavy atom. The van der Waals surface area contributed by atoms with Crippen LogP contribution in [0.1, 0.15) is 60.8 Å². The number of hydrogen-bond acceptors (Lipinski definition) is 6. The number of rotatable bonds is 6. The molecule has 0 spiro atoms. The number of anilines is 2. The minimum Gasteiger partial charge on any atom is -0.398 e. The molecule has 268 valence electrons. The number of nitrogens with one attached hydrogen (secondary N) is 2. The Bertz CT molecular complexity index is 1510. The van der Waals surface area contributed by atoms with Gasteiger partial charge in [0.1, 0.15) is 11.0 Å². The van der Waals surface area contributed by atoms with E-state index in [-0.39, 0.29) is 31.2 Å². The van der Waals surface area contributed by atoms with Gasteiger partial charge in [-0.1, -0.05) is 0 Å². The van der Waals surface area contributed by atoms with E-state index in [0.717, 1.165) is 36.5 Å². The molecule has 4 aliphatic heterocycles. The van der Waals surface area contributed by atoms with Crippen molar-refractivity contribution in [3.63, 3.8) is 0 Å². The third kappa shape index (κ3) is 7.71. The number of likely N-dealkylation sites (tertiary alicyclic amines) is 3. The molecule has 3 fully saturated rings. The van der Waals surface area contributed by atoms with Crippen molar-refractivity contribution in [1.82, 2.24) is 24.9 Å². The summed E-state index contributed by atoms with van der Waals surface area (Å²) in [6.07, 6.45) is -6.50. The van der Waals surface area contributed by atoms with Crippen molar-refractivity contribution in [2.45, 2.75) is 82.0 Å². The largest absolute Gasteiger partial charge is 0.418 e. The number of alkyl halides is 6. The second-order valence-corrected chi connectivity index (χ2v) is 14.1. The lowest BCUT2D eigenvalue weighted by Gasteiger charge is -2.40. The van der Waals surface area contributed by atoms with Gasteiger partial charge in [-0.3, -0.25) is 10.1 Å². The van der Waals surface area contributed by atoms with Crippen LogP contribution in [0.15, 0.2) is 23.6 Å². The van der Waals surface area contributed by atoms with Gasteiger partial charge in [-0.15, -0.1) is 11.3 Å². The van der Waals surface area contributed by atoms with Crippen molar-refractivity contribution in [2.75, 3.05) is 50.3 Å². The number of amides is 5. The van der Waals surface area contributed by atoms with Crippen molar-refractivity contribution >= 4 is 40.0 Å². The molecule has 1 aromatic heterocycles. The monoisotopic (exact) mass is 715 g/mol. The number of nitrogen functional groups attached to an aromatic ring is 1. The van der Waals surface area contributed by atoms with Crippen molar-refractivity contribution in [1.29, 1.82) is 0 Å². The lowest BCUT2D eigenvalue weighted by atomic mass is 9.96. The lowest BCUT2D eigenvalue weighted by Crippen LogP contribution is -2.57. The number of carbonyl (C=O) groups excluding carboxylic acids is 3. The zero-order valence-corrected chi connectivity index (χ0v) is 27.5. The Hall–Kier alpha value is -3.73. The van der Waals surface area contributed by atoms with Crippen molar-refractivity contribution in [3.05, 3.63) is 45.8 Å². The van der Waals surface area contributed by atoms with Crippen LogP contribution in [0.2, 0.25) is 0 Å². The predicted molar refractivity (Wildman–Crippen MR) is 171 cm³/mol. The Morgan fingerprint density at radius 3 is 2.06 bits per heavy atom. The molecule has 0 saturated carbocycles. The van der Waals surface area contributed by atoms with Gasteiger partial charge in [0.25, 0.3) is 0 Å². The molecule has 0 unspecified atom stereocenters. The molecule has 4 aliphatic rings. The van der Waals surface area contributed by atoms with Crippen LogP contribution < -0.4 is 16.4 Å². The fraction of sp³-hybridized carbons (Fsp3) is 0.594. The molecular formula is C32H39F6N7O3S. The number of thiophene rings is 1. The SMILES string of the molecule is Nc1c(C(F)(F)F)cc(C[C@@H](NC(=O)N2CCC(N3Cc4ccsc4NC3=O)CC2)C(=O)N2CCC(N3CCCC3)CC2)cc1C(F)(F)F. The number of urea groups is 2. The van der Waals surface area contributed by atoms with Crippen LogP contribution in [-0.2, 0) is 30.1 Å². The summed E-state index contributed by atoms with van der Waals surface area (Å²) in [5.41, 5.74) is 1.16. The van der Waals surface area contributed by atoms with Crippen LogP contribution in [0.25, 0.3) is 0 Å². The van der Waals surface area contributed by atoms with E-state index < -0.39 is 59.1 Å². The summed E-state index contributed by atoms with van der Waals surface area (Å²) in [5, 5.41) is 8.23. The first-order chi connectivity index (χ1) is 23.2. The maximum Gasteiger partial charge on any atom is 0.418 e. The highest BCUT2D eigenvalue weighted by atomic mass is 32.1. The van der Waals surface area contributed by atoms with Gasteiger partial charge < -0.3 is 30.7 Å². The third-order valence-electron chi connectivity index (χ3n) is 10.1. The standard InChI is InChI=1S/C32H39F6N7O3S/c33-31(34,35)23-15-19(16-24(26(23)39)32(36,37)38)17-25(28(46)43-10-3-21(4-11-43)42-8-1-2-9-42)40-29(47)44-12-5-22(6-13-44)45-18-20-7-14-49-27(20)41-30(45)48/h7,14-16,21-22,25H,1-6,8-13,17-18,39H2,(H,40,47)(H,41,48)/t25-/m1/s1. The molecule has 1 aromatic carbocycles. The summed E-state index contributed by atoms with van der Waals surface area (Å²) >= 11 is 1.44. The van der Waals surface area contributed by atoms with Gasteiger partial charge in [-0.2, -0.15) is 26.3 Å². The van der Waals surface area contributed by atoms with E-state index in [4.69, 9.17) is 5.73 Å². The van der Waals surface area contributed by atoms with E-state index in [2.05, 4.69) is 15.5 Å². The molecule has 6 rings (SSSR count). The Kier molecular flexibility index (Phi) is 9.95. The molecule has 10 nitrogen and oxygen atoms in total. The van der Waals surface area contributed by atoms with Crippen molar-refractivity contribution < 1.29 is 40.7 Å².